The van der Waals surface area contributed by atoms with Gasteiger partial charge in [-0.1, -0.05) is 30.3 Å². The molecule has 1 unspecified atom stereocenters. The van der Waals surface area contributed by atoms with E-state index >= 15 is 0 Å². The van der Waals surface area contributed by atoms with Gasteiger partial charge < -0.3 is 14.2 Å². The molecule has 2 aliphatic rings. The molecule has 2 fully saturated rings. The van der Waals surface area contributed by atoms with Crippen LogP contribution in [0.25, 0.3) is 11.3 Å². The summed E-state index contributed by atoms with van der Waals surface area (Å²) in [5.41, 5.74) is 2.79. The van der Waals surface area contributed by atoms with Crippen molar-refractivity contribution in [3.05, 3.63) is 48.2 Å². The zero-order valence-corrected chi connectivity index (χ0v) is 14.4. The molecule has 4 heteroatoms. The molecule has 1 saturated carbocycles. The Kier molecular flexibility index (Phi) is 3.72. The third-order valence-electron chi connectivity index (χ3n) is 5.53. The fraction of sp³-hybridized carbons (Fsp3) is 0.450. The minimum atomic E-state index is -0.0760. The highest BCUT2D eigenvalue weighted by Gasteiger charge is 2.48. The molecule has 0 bridgehead atoms. The molecule has 1 aliphatic heterocycles. The van der Waals surface area contributed by atoms with Crippen LogP contribution in [0.4, 0.5) is 0 Å². The minimum absolute atomic E-state index is 0.0760. The average Bonchev–Trinajstić information content (AvgIpc) is 2.95. The Hall–Kier alpha value is -2.07. The molecule has 0 N–H and O–H groups in total. The summed E-state index contributed by atoms with van der Waals surface area (Å²) in [6, 6.07) is 12.1. The first-order valence-electron chi connectivity index (χ1n) is 8.75. The summed E-state index contributed by atoms with van der Waals surface area (Å²) >= 11 is 0. The highest BCUT2D eigenvalue weighted by molar-refractivity contribution is 6.01. The van der Waals surface area contributed by atoms with Crippen molar-refractivity contribution in [1.82, 2.24) is 9.47 Å². The van der Waals surface area contributed by atoms with Crippen molar-refractivity contribution in [3.63, 3.8) is 0 Å². The normalized spacial score (nSPS) is 22.4. The Labute approximate surface area is 143 Å². The van der Waals surface area contributed by atoms with Gasteiger partial charge in [0.2, 0.25) is 0 Å². The van der Waals surface area contributed by atoms with E-state index in [-0.39, 0.29) is 17.6 Å². The predicted octanol–water partition coefficient (Wildman–Crippen LogP) is 3.48. The molecule has 4 rings (SSSR count). The van der Waals surface area contributed by atoms with Crippen LogP contribution in [-0.2, 0) is 11.8 Å². The number of carbonyl (C=O) groups is 1. The summed E-state index contributed by atoms with van der Waals surface area (Å²) in [5.74, 6) is 0.143. The lowest BCUT2D eigenvalue weighted by Gasteiger charge is -2.54. The van der Waals surface area contributed by atoms with Crippen LogP contribution in [0, 0.1) is 0 Å². The molecular formula is C20H24N2O2. The van der Waals surface area contributed by atoms with E-state index in [1.54, 1.807) is 0 Å². The van der Waals surface area contributed by atoms with Crippen molar-refractivity contribution in [2.24, 2.45) is 7.05 Å². The molecule has 1 spiro atoms. The molecule has 126 valence electrons. The SMILES string of the molecule is CC1CN(C(=O)c2ccn(C)c2-c2ccccc2)C2(CCC2)CO1. The molecule has 1 saturated heterocycles. The molecule has 1 aromatic heterocycles. The Bertz CT molecular complexity index is 746. The molecule has 1 aromatic carbocycles. The third kappa shape index (κ3) is 2.37. The van der Waals surface area contributed by atoms with Crippen LogP contribution in [0.2, 0.25) is 0 Å². The van der Waals surface area contributed by atoms with E-state index in [4.69, 9.17) is 4.74 Å². The molecule has 24 heavy (non-hydrogen) atoms. The van der Waals surface area contributed by atoms with Crippen LogP contribution in [0.15, 0.2) is 42.6 Å². The van der Waals surface area contributed by atoms with E-state index in [2.05, 4.69) is 24.0 Å². The zero-order valence-electron chi connectivity index (χ0n) is 14.4. The van der Waals surface area contributed by atoms with Crippen LogP contribution >= 0.6 is 0 Å². The number of amides is 1. The number of nitrogens with zero attached hydrogens (tertiary/aromatic N) is 2. The van der Waals surface area contributed by atoms with Crippen LogP contribution < -0.4 is 0 Å². The van der Waals surface area contributed by atoms with Crippen LogP contribution in [0.1, 0.15) is 36.5 Å². The first-order valence-corrected chi connectivity index (χ1v) is 8.75. The number of aromatic nitrogens is 1. The Morgan fingerprint density at radius 1 is 1.21 bits per heavy atom. The number of aryl methyl sites for hydroxylation is 1. The van der Waals surface area contributed by atoms with Crippen LogP contribution in [-0.4, -0.2) is 40.2 Å². The highest BCUT2D eigenvalue weighted by atomic mass is 16.5. The van der Waals surface area contributed by atoms with Gasteiger partial charge in [-0.05, 0) is 37.8 Å². The predicted molar refractivity (Wildman–Crippen MR) is 93.9 cm³/mol. The zero-order chi connectivity index (χ0) is 16.7. The molecular weight excluding hydrogens is 300 g/mol. The first kappa shape index (κ1) is 15.5. The largest absolute Gasteiger partial charge is 0.374 e. The van der Waals surface area contributed by atoms with Gasteiger partial charge in [0.15, 0.2) is 0 Å². The molecule has 4 nitrogen and oxygen atoms in total. The Morgan fingerprint density at radius 3 is 2.62 bits per heavy atom. The monoisotopic (exact) mass is 324 g/mol. The lowest BCUT2D eigenvalue weighted by molar-refractivity contribution is -0.118. The van der Waals surface area contributed by atoms with E-state index in [1.165, 1.54) is 6.42 Å². The summed E-state index contributed by atoms with van der Waals surface area (Å²) in [6.45, 7) is 3.41. The second kappa shape index (κ2) is 5.78. The van der Waals surface area contributed by atoms with Gasteiger partial charge in [0.05, 0.1) is 29.5 Å². The standard InChI is InChI=1S/C20H24N2O2/c1-15-13-22(20(14-24-15)10-6-11-20)19(23)17-9-12-21(2)18(17)16-7-4-3-5-8-16/h3-5,7-9,12,15H,6,10-11,13-14H2,1-2H3. The summed E-state index contributed by atoms with van der Waals surface area (Å²) in [6.07, 6.45) is 5.37. The fourth-order valence-electron chi connectivity index (χ4n) is 3.98. The van der Waals surface area contributed by atoms with Gasteiger partial charge in [-0.3, -0.25) is 4.79 Å². The second-order valence-corrected chi connectivity index (χ2v) is 7.17. The van der Waals surface area contributed by atoms with E-state index in [0.29, 0.717) is 13.2 Å². The van der Waals surface area contributed by atoms with Gasteiger partial charge >= 0.3 is 0 Å². The summed E-state index contributed by atoms with van der Waals surface area (Å²) in [4.78, 5) is 15.5. The van der Waals surface area contributed by atoms with Gasteiger partial charge in [0.25, 0.3) is 5.91 Å². The molecule has 1 aliphatic carbocycles. The van der Waals surface area contributed by atoms with Gasteiger partial charge in [0, 0.05) is 19.8 Å². The van der Waals surface area contributed by atoms with Crippen molar-refractivity contribution >= 4 is 5.91 Å². The van der Waals surface area contributed by atoms with Crippen LogP contribution in [0.5, 0.6) is 0 Å². The number of carbonyl (C=O) groups excluding carboxylic acids is 1. The van der Waals surface area contributed by atoms with Crippen molar-refractivity contribution in [1.29, 1.82) is 0 Å². The molecule has 2 aromatic rings. The number of rotatable bonds is 2. The molecule has 1 atom stereocenters. The maximum Gasteiger partial charge on any atom is 0.256 e. The van der Waals surface area contributed by atoms with Gasteiger partial charge in [0.1, 0.15) is 0 Å². The van der Waals surface area contributed by atoms with E-state index in [0.717, 1.165) is 29.7 Å². The third-order valence-corrected chi connectivity index (χ3v) is 5.53. The van der Waals surface area contributed by atoms with Crippen molar-refractivity contribution in [2.45, 2.75) is 37.8 Å². The smallest absolute Gasteiger partial charge is 0.256 e. The molecule has 0 radical (unpaired) electrons. The topological polar surface area (TPSA) is 34.5 Å². The van der Waals surface area contributed by atoms with Crippen molar-refractivity contribution < 1.29 is 9.53 Å². The second-order valence-electron chi connectivity index (χ2n) is 7.17. The van der Waals surface area contributed by atoms with Gasteiger partial charge in [-0.2, -0.15) is 0 Å². The van der Waals surface area contributed by atoms with E-state index < -0.39 is 0 Å². The van der Waals surface area contributed by atoms with Gasteiger partial charge in [-0.25, -0.2) is 0 Å². The fourth-order valence-corrected chi connectivity index (χ4v) is 3.98. The Balaban J connectivity index is 1.72. The van der Waals surface area contributed by atoms with E-state index in [1.807, 2.05) is 42.1 Å². The molecule has 2 heterocycles. The van der Waals surface area contributed by atoms with E-state index in [9.17, 15) is 4.79 Å². The lowest BCUT2D eigenvalue weighted by atomic mass is 9.74. The minimum Gasteiger partial charge on any atom is -0.374 e. The quantitative estimate of drug-likeness (QED) is 0.848. The number of benzene rings is 1. The maximum absolute atomic E-state index is 13.4. The Morgan fingerprint density at radius 2 is 1.96 bits per heavy atom. The lowest BCUT2D eigenvalue weighted by Crippen LogP contribution is -2.64. The summed E-state index contributed by atoms with van der Waals surface area (Å²) in [5, 5.41) is 0. The van der Waals surface area contributed by atoms with Crippen LogP contribution in [0.3, 0.4) is 0 Å². The number of morpholine rings is 1. The van der Waals surface area contributed by atoms with Crippen molar-refractivity contribution in [2.75, 3.05) is 13.2 Å². The maximum atomic E-state index is 13.4. The van der Waals surface area contributed by atoms with Gasteiger partial charge in [-0.15, -0.1) is 0 Å². The van der Waals surface area contributed by atoms with Crippen molar-refractivity contribution in [3.8, 4) is 11.3 Å². The number of hydrogen-bond donors (Lipinski definition) is 0. The highest BCUT2D eigenvalue weighted by Crippen LogP contribution is 2.42. The average molecular weight is 324 g/mol. The number of ether oxygens (including phenoxy) is 1. The number of hydrogen-bond acceptors (Lipinski definition) is 2. The first-order chi connectivity index (χ1) is 11.6. The summed E-state index contributed by atoms with van der Waals surface area (Å²) in [7, 11) is 2.00. The molecule has 1 amide bonds. The summed E-state index contributed by atoms with van der Waals surface area (Å²) < 4.78 is 7.91.